The van der Waals surface area contributed by atoms with Crippen molar-refractivity contribution < 1.29 is 0 Å². The molecule has 1 aliphatic rings. The summed E-state index contributed by atoms with van der Waals surface area (Å²) >= 11 is 3.69. The average molecular weight is 311 g/mol. The second-order valence-corrected chi connectivity index (χ2v) is 6.08. The zero-order chi connectivity index (χ0) is 13.0. The van der Waals surface area contributed by atoms with Gasteiger partial charge >= 0.3 is 0 Å². The summed E-state index contributed by atoms with van der Waals surface area (Å²) in [5, 5.41) is 0. The molecular weight excluding hydrogens is 288 g/mol. The van der Waals surface area contributed by atoms with E-state index in [0.29, 0.717) is 12.6 Å². The van der Waals surface area contributed by atoms with E-state index in [0.717, 1.165) is 0 Å². The first kappa shape index (κ1) is 14.0. The van der Waals surface area contributed by atoms with Crippen LogP contribution in [0.3, 0.4) is 0 Å². The largest absolute Gasteiger partial charge is 0.329 e. The maximum absolute atomic E-state index is 6.03. The highest BCUT2D eigenvalue weighted by molar-refractivity contribution is 9.10. The number of aryl methyl sites for hydroxylation is 1. The Morgan fingerprint density at radius 3 is 2.44 bits per heavy atom. The summed E-state index contributed by atoms with van der Waals surface area (Å²) in [5.41, 5.74) is 8.66. The highest BCUT2D eigenvalue weighted by Gasteiger charge is 2.21. The van der Waals surface area contributed by atoms with Gasteiger partial charge in [-0.05, 0) is 50.0 Å². The molecule has 3 heteroatoms. The van der Waals surface area contributed by atoms with Crippen molar-refractivity contribution in [2.24, 2.45) is 5.73 Å². The molecule has 1 aliphatic heterocycles. The molecule has 0 bridgehead atoms. The van der Waals surface area contributed by atoms with E-state index in [1.165, 1.54) is 54.4 Å². The summed E-state index contributed by atoms with van der Waals surface area (Å²) in [6.07, 6.45) is 5.34. The third-order valence-corrected chi connectivity index (χ3v) is 4.51. The monoisotopic (exact) mass is 310 g/mol. The van der Waals surface area contributed by atoms with E-state index >= 15 is 0 Å². The lowest BCUT2D eigenvalue weighted by atomic mass is 10.0. The molecule has 100 valence electrons. The van der Waals surface area contributed by atoms with Crippen LogP contribution in [0.25, 0.3) is 0 Å². The standard InChI is InChI=1S/C15H23BrN2/c1-12-6-7-13(14(16)10-12)15(11-17)18-8-4-2-3-5-9-18/h6-7,10,15H,2-5,8-9,11,17H2,1H3. The summed E-state index contributed by atoms with van der Waals surface area (Å²) in [4.78, 5) is 2.56. The van der Waals surface area contributed by atoms with Crippen molar-refractivity contribution in [2.45, 2.75) is 38.6 Å². The third-order valence-electron chi connectivity index (χ3n) is 3.82. The van der Waals surface area contributed by atoms with Crippen LogP contribution in [0.5, 0.6) is 0 Å². The lowest BCUT2D eigenvalue weighted by Crippen LogP contribution is -2.34. The van der Waals surface area contributed by atoms with Crippen molar-refractivity contribution in [3.05, 3.63) is 33.8 Å². The van der Waals surface area contributed by atoms with Gasteiger partial charge < -0.3 is 5.73 Å². The molecule has 0 spiro atoms. The Labute approximate surface area is 119 Å². The van der Waals surface area contributed by atoms with E-state index in [-0.39, 0.29) is 0 Å². The number of benzene rings is 1. The maximum Gasteiger partial charge on any atom is 0.0481 e. The van der Waals surface area contributed by atoms with Crippen LogP contribution < -0.4 is 5.73 Å². The molecule has 0 radical (unpaired) electrons. The molecule has 0 aromatic heterocycles. The van der Waals surface area contributed by atoms with Crippen LogP contribution in [0.2, 0.25) is 0 Å². The van der Waals surface area contributed by atoms with Crippen LogP contribution in [0.1, 0.15) is 42.9 Å². The van der Waals surface area contributed by atoms with Crippen molar-refractivity contribution in [1.29, 1.82) is 0 Å². The van der Waals surface area contributed by atoms with Crippen molar-refractivity contribution in [2.75, 3.05) is 19.6 Å². The summed E-state index contributed by atoms with van der Waals surface area (Å²) in [6.45, 7) is 5.18. The Morgan fingerprint density at radius 2 is 1.89 bits per heavy atom. The van der Waals surface area contributed by atoms with Crippen molar-refractivity contribution >= 4 is 15.9 Å². The molecule has 1 heterocycles. The second-order valence-electron chi connectivity index (χ2n) is 5.23. The predicted octanol–water partition coefficient (Wildman–Crippen LogP) is 3.63. The number of rotatable bonds is 3. The predicted molar refractivity (Wildman–Crippen MR) is 80.7 cm³/mol. The molecule has 1 fully saturated rings. The minimum absolute atomic E-state index is 0.359. The van der Waals surface area contributed by atoms with Gasteiger partial charge in [0.1, 0.15) is 0 Å². The van der Waals surface area contributed by atoms with Gasteiger partial charge in [-0.15, -0.1) is 0 Å². The molecule has 0 saturated carbocycles. The van der Waals surface area contributed by atoms with Gasteiger partial charge in [-0.1, -0.05) is 40.9 Å². The molecule has 2 N–H and O–H groups in total. The number of likely N-dealkylation sites (tertiary alicyclic amines) is 1. The van der Waals surface area contributed by atoms with Gasteiger partial charge in [0.25, 0.3) is 0 Å². The van der Waals surface area contributed by atoms with Gasteiger partial charge in [0.15, 0.2) is 0 Å². The lowest BCUT2D eigenvalue weighted by molar-refractivity contribution is 0.209. The fraction of sp³-hybridized carbons (Fsp3) is 0.600. The highest BCUT2D eigenvalue weighted by atomic mass is 79.9. The molecule has 0 aliphatic carbocycles. The summed E-state index contributed by atoms with van der Waals surface area (Å²) in [6, 6.07) is 6.95. The molecule has 1 saturated heterocycles. The Bertz CT molecular complexity index is 384. The fourth-order valence-corrected chi connectivity index (χ4v) is 3.54. The minimum Gasteiger partial charge on any atom is -0.329 e. The molecule has 1 aromatic carbocycles. The quantitative estimate of drug-likeness (QED) is 0.923. The molecule has 2 rings (SSSR count). The van der Waals surface area contributed by atoms with E-state index in [1.54, 1.807) is 0 Å². The van der Waals surface area contributed by atoms with E-state index in [1.807, 2.05) is 0 Å². The number of nitrogens with zero attached hydrogens (tertiary/aromatic N) is 1. The molecule has 2 nitrogen and oxygen atoms in total. The van der Waals surface area contributed by atoms with Gasteiger partial charge in [-0.3, -0.25) is 4.90 Å². The van der Waals surface area contributed by atoms with E-state index in [4.69, 9.17) is 5.73 Å². The Hall–Kier alpha value is -0.380. The van der Waals surface area contributed by atoms with Crippen LogP contribution in [-0.2, 0) is 0 Å². The molecule has 1 unspecified atom stereocenters. The zero-order valence-electron chi connectivity index (χ0n) is 11.2. The van der Waals surface area contributed by atoms with Crippen molar-refractivity contribution in [3.8, 4) is 0 Å². The number of nitrogens with two attached hydrogens (primary N) is 1. The van der Waals surface area contributed by atoms with E-state index < -0.39 is 0 Å². The Kier molecular flexibility index (Phi) is 5.22. The fourth-order valence-electron chi connectivity index (χ4n) is 2.78. The van der Waals surface area contributed by atoms with Gasteiger partial charge in [0, 0.05) is 17.1 Å². The molecule has 1 aromatic rings. The summed E-state index contributed by atoms with van der Waals surface area (Å²) in [7, 11) is 0. The first-order chi connectivity index (χ1) is 8.72. The number of hydrogen-bond acceptors (Lipinski definition) is 2. The Balaban J connectivity index is 2.20. The third kappa shape index (κ3) is 3.34. The lowest BCUT2D eigenvalue weighted by Gasteiger charge is -2.30. The molecular formula is C15H23BrN2. The van der Waals surface area contributed by atoms with E-state index in [2.05, 4.69) is 46.0 Å². The maximum atomic E-state index is 6.03. The SMILES string of the molecule is Cc1ccc(C(CN)N2CCCCCC2)c(Br)c1. The second kappa shape index (κ2) is 6.69. The number of hydrogen-bond donors (Lipinski definition) is 1. The Morgan fingerprint density at radius 1 is 1.22 bits per heavy atom. The van der Waals surface area contributed by atoms with Crippen molar-refractivity contribution in [3.63, 3.8) is 0 Å². The van der Waals surface area contributed by atoms with E-state index in [9.17, 15) is 0 Å². The normalized spacial score (nSPS) is 19.5. The van der Waals surface area contributed by atoms with Gasteiger partial charge in [-0.2, -0.15) is 0 Å². The van der Waals surface area contributed by atoms with Crippen LogP contribution in [-0.4, -0.2) is 24.5 Å². The zero-order valence-corrected chi connectivity index (χ0v) is 12.7. The van der Waals surface area contributed by atoms with Crippen LogP contribution >= 0.6 is 15.9 Å². The smallest absolute Gasteiger partial charge is 0.0481 e. The molecule has 18 heavy (non-hydrogen) atoms. The molecule has 1 atom stereocenters. The first-order valence-electron chi connectivity index (χ1n) is 6.92. The van der Waals surface area contributed by atoms with Gasteiger partial charge in [0.05, 0.1) is 0 Å². The number of halogens is 1. The topological polar surface area (TPSA) is 29.3 Å². The molecule has 0 amide bonds. The van der Waals surface area contributed by atoms with Crippen LogP contribution in [0, 0.1) is 6.92 Å². The summed E-state index contributed by atoms with van der Waals surface area (Å²) < 4.78 is 1.20. The highest BCUT2D eigenvalue weighted by Crippen LogP contribution is 2.29. The van der Waals surface area contributed by atoms with Gasteiger partial charge in [0.2, 0.25) is 0 Å². The van der Waals surface area contributed by atoms with Crippen LogP contribution in [0.4, 0.5) is 0 Å². The minimum atomic E-state index is 0.359. The van der Waals surface area contributed by atoms with Crippen LogP contribution in [0.15, 0.2) is 22.7 Å². The average Bonchev–Trinajstić information content (AvgIpc) is 2.62. The summed E-state index contributed by atoms with van der Waals surface area (Å²) in [5.74, 6) is 0. The van der Waals surface area contributed by atoms with Gasteiger partial charge in [-0.25, -0.2) is 0 Å². The van der Waals surface area contributed by atoms with Crippen molar-refractivity contribution in [1.82, 2.24) is 4.90 Å². The first-order valence-corrected chi connectivity index (χ1v) is 7.72.